The highest BCUT2D eigenvalue weighted by Crippen LogP contribution is 2.38. The van der Waals surface area contributed by atoms with Crippen LogP contribution >= 0.6 is 35.6 Å². The van der Waals surface area contributed by atoms with Crippen molar-refractivity contribution in [2.24, 2.45) is 0 Å². The maximum atomic E-state index is 13.3. The number of hydrogen-bond donors (Lipinski definition) is 0. The van der Waals surface area contributed by atoms with Gasteiger partial charge >= 0.3 is 0 Å². The highest BCUT2D eigenvalue weighted by atomic mass is 35.5. The Bertz CT molecular complexity index is 1480. The van der Waals surface area contributed by atoms with Gasteiger partial charge in [-0.3, -0.25) is 9.69 Å². The number of anilines is 1. The van der Waals surface area contributed by atoms with Crippen molar-refractivity contribution in [3.63, 3.8) is 0 Å². The van der Waals surface area contributed by atoms with E-state index in [4.69, 9.17) is 33.3 Å². The molecule has 0 bridgehead atoms. The van der Waals surface area contributed by atoms with E-state index in [-0.39, 0.29) is 5.91 Å². The molecule has 1 saturated heterocycles. The van der Waals surface area contributed by atoms with Gasteiger partial charge in [-0.2, -0.15) is 0 Å². The summed E-state index contributed by atoms with van der Waals surface area (Å²) < 4.78 is 12.2. The molecule has 0 unspecified atom stereocenters. The minimum atomic E-state index is -0.186. The van der Waals surface area contributed by atoms with E-state index in [1.54, 1.807) is 18.2 Å². The average molecular weight is 532 g/mol. The Morgan fingerprint density at radius 1 is 0.972 bits per heavy atom. The summed E-state index contributed by atoms with van der Waals surface area (Å²) in [5, 5.41) is 2.86. The molecule has 0 radical (unpaired) electrons. The molecule has 1 aliphatic rings. The first-order chi connectivity index (χ1) is 17.5. The molecule has 1 aliphatic heterocycles. The van der Waals surface area contributed by atoms with Crippen LogP contribution in [0.1, 0.15) is 18.1 Å². The van der Waals surface area contributed by atoms with Crippen molar-refractivity contribution in [2.45, 2.75) is 13.5 Å². The molecule has 1 fully saturated rings. The Hall–Kier alpha value is -3.32. The number of ether oxygens (including phenoxy) is 2. The Kier molecular flexibility index (Phi) is 7.28. The van der Waals surface area contributed by atoms with Crippen molar-refractivity contribution in [1.82, 2.24) is 0 Å². The number of nitrogens with zero attached hydrogens (tertiary/aromatic N) is 1. The molecule has 0 spiro atoms. The SMILES string of the molecule is CCOc1ccc(N2C(=O)/C(=C/c3cc(Cl)ccc3OCc3cccc4ccccc34)SC2=S)cc1. The lowest BCUT2D eigenvalue weighted by atomic mass is 10.1. The maximum absolute atomic E-state index is 13.3. The second-order valence-electron chi connectivity index (χ2n) is 8.05. The summed E-state index contributed by atoms with van der Waals surface area (Å²) in [6.07, 6.45) is 1.79. The summed E-state index contributed by atoms with van der Waals surface area (Å²) in [6.45, 7) is 2.89. The molecular formula is C29H22ClNO3S2. The van der Waals surface area contributed by atoms with Gasteiger partial charge in [0.1, 0.15) is 18.1 Å². The van der Waals surface area contributed by atoms with Crippen LogP contribution in [0.15, 0.2) is 89.8 Å². The molecule has 180 valence electrons. The van der Waals surface area contributed by atoms with Crippen molar-refractivity contribution in [1.29, 1.82) is 0 Å². The van der Waals surface area contributed by atoms with E-state index in [9.17, 15) is 4.79 Å². The largest absolute Gasteiger partial charge is 0.494 e. The Balaban J connectivity index is 1.40. The third kappa shape index (κ3) is 5.12. The molecule has 0 N–H and O–H groups in total. The highest BCUT2D eigenvalue weighted by Gasteiger charge is 2.33. The van der Waals surface area contributed by atoms with Crippen LogP contribution in [0.4, 0.5) is 5.69 Å². The van der Waals surface area contributed by atoms with Crippen LogP contribution in [0.3, 0.4) is 0 Å². The van der Waals surface area contributed by atoms with E-state index < -0.39 is 0 Å². The van der Waals surface area contributed by atoms with E-state index in [2.05, 4.69) is 24.3 Å². The molecule has 1 heterocycles. The van der Waals surface area contributed by atoms with Crippen LogP contribution in [0.2, 0.25) is 5.02 Å². The van der Waals surface area contributed by atoms with Gasteiger partial charge in [0.2, 0.25) is 0 Å². The number of carbonyl (C=O) groups is 1. The number of rotatable bonds is 7. The van der Waals surface area contributed by atoms with Crippen LogP contribution in [0.25, 0.3) is 16.8 Å². The topological polar surface area (TPSA) is 38.8 Å². The molecule has 0 saturated carbocycles. The summed E-state index contributed by atoms with van der Waals surface area (Å²) in [7, 11) is 0. The Morgan fingerprint density at radius 2 is 1.75 bits per heavy atom. The summed E-state index contributed by atoms with van der Waals surface area (Å²) in [5.41, 5.74) is 2.49. The number of thiocarbonyl (C=S) groups is 1. The second-order valence-corrected chi connectivity index (χ2v) is 10.2. The van der Waals surface area contributed by atoms with E-state index >= 15 is 0 Å². The maximum Gasteiger partial charge on any atom is 0.270 e. The lowest BCUT2D eigenvalue weighted by molar-refractivity contribution is -0.113. The van der Waals surface area contributed by atoms with E-state index in [0.717, 1.165) is 27.6 Å². The van der Waals surface area contributed by atoms with Crippen molar-refractivity contribution < 1.29 is 14.3 Å². The number of amides is 1. The van der Waals surface area contributed by atoms with Crippen LogP contribution in [-0.2, 0) is 11.4 Å². The Labute approximate surface area is 224 Å². The van der Waals surface area contributed by atoms with Gasteiger partial charge in [0.15, 0.2) is 4.32 Å². The fourth-order valence-corrected chi connectivity index (χ4v) is 5.50. The molecule has 5 rings (SSSR count). The van der Waals surface area contributed by atoms with Crippen LogP contribution < -0.4 is 14.4 Å². The average Bonchev–Trinajstić information content (AvgIpc) is 3.16. The lowest BCUT2D eigenvalue weighted by Gasteiger charge is -2.15. The van der Waals surface area contributed by atoms with E-state index in [1.165, 1.54) is 16.7 Å². The first-order valence-corrected chi connectivity index (χ1v) is 13.0. The lowest BCUT2D eigenvalue weighted by Crippen LogP contribution is -2.27. The normalized spacial score (nSPS) is 14.6. The predicted octanol–water partition coefficient (Wildman–Crippen LogP) is 7.88. The highest BCUT2D eigenvalue weighted by molar-refractivity contribution is 8.27. The first-order valence-electron chi connectivity index (χ1n) is 11.4. The monoisotopic (exact) mass is 531 g/mol. The number of carbonyl (C=O) groups excluding carboxylic acids is 1. The fraction of sp³-hybridized carbons (Fsp3) is 0.103. The van der Waals surface area contributed by atoms with Crippen molar-refractivity contribution >= 4 is 68.3 Å². The van der Waals surface area contributed by atoms with Crippen LogP contribution in [-0.4, -0.2) is 16.8 Å². The van der Waals surface area contributed by atoms with Crippen molar-refractivity contribution in [3.05, 3.63) is 106 Å². The molecule has 7 heteroatoms. The van der Waals surface area contributed by atoms with Gasteiger partial charge in [-0.25, -0.2) is 0 Å². The number of benzene rings is 4. The summed E-state index contributed by atoms with van der Waals surface area (Å²) in [5.74, 6) is 1.20. The van der Waals surface area contributed by atoms with E-state index in [1.807, 2.05) is 55.5 Å². The fourth-order valence-electron chi connectivity index (χ4n) is 4.03. The number of hydrogen-bond acceptors (Lipinski definition) is 5. The van der Waals surface area contributed by atoms with Crippen molar-refractivity contribution in [3.8, 4) is 11.5 Å². The second kappa shape index (κ2) is 10.7. The molecular weight excluding hydrogens is 510 g/mol. The zero-order chi connectivity index (χ0) is 25.1. The van der Waals surface area contributed by atoms with Crippen LogP contribution in [0.5, 0.6) is 11.5 Å². The third-order valence-electron chi connectivity index (χ3n) is 5.72. The molecule has 36 heavy (non-hydrogen) atoms. The molecule has 0 atom stereocenters. The minimum absolute atomic E-state index is 0.186. The predicted molar refractivity (Wildman–Crippen MR) is 153 cm³/mol. The van der Waals surface area contributed by atoms with Crippen LogP contribution in [0, 0.1) is 0 Å². The van der Waals surface area contributed by atoms with Gasteiger partial charge in [0.25, 0.3) is 5.91 Å². The quantitative estimate of drug-likeness (QED) is 0.179. The molecule has 0 aromatic heterocycles. The zero-order valence-corrected chi connectivity index (χ0v) is 21.8. The molecule has 1 amide bonds. The van der Waals surface area contributed by atoms with Gasteiger partial charge in [-0.05, 0) is 71.8 Å². The first kappa shape index (κ1) is 24.4. The number of thioether (sulfide) groups is 1. The Morgan fingerprint density at radius 3 is 2.56 bits per heavy atom. The van der Waals surface area contributed by atoms with Gasteiger partial charge in [-0.15, -0.1) is 0 Å². The third-order valence-corrected chi connectivity index (χ3v) is 7.26. The summed E-state index contributed by atoms with van der Waals surface area (Å²) >= 11 is 13.1. The molecule has 4 aromatic rings. The summed E-state index contributed by atoms with van der Waals surface area (Å²) in [4.78, 5) is 15.3. The minimum Gasteiger partial charge on any atom is -0.494 e. The molecule has 0 aliphatic carbocycles. The van der Waals surface area contributed by atoms with E-state index in [0.29, 0.717) is 38.9 Å². The van der Waals surface area contributed by atoms with Crippen molar-refractivity contribution in [2.75, 3.05) is 11.5 Å². The van der Waals surface area contributed by atoms with Gasteiger partial charge in [0.05, 0.1) is 17.2 Å². The standard InChI is InChI=1S/C29H22ClNO3S2/c1-2-33-24-13-11-23(12-14-24)31-28(32)27(36-29(31)35)17-21-16-22(30)10-15-26(21)34-18-20-8-5-7-19-6-3-4-9-25(19)20/h3-17H,2,18H2,1H3/b27-17-. The van der Waals surface area contributed by atoms with Gasteiger partial charge in [-0.1, -0.05) is 78.0 Å². The molecule has 4 nitrogen and oxygen atoms in total. The van der Waals surface area contributed by atoms with Gasteiger partial charge < -0.3 is 9.47 Å². The number of halogens is 1. The number of fused-ring (bicyclic) bond motifs is 1. The van der Waals surface area contributed by atoms with Gasteiger partial charge in [0, 0.05) is 10.6 Å². The molecule has 4 aromatic carbocycles. The smallest absolute Gasteiger partial charge is 0.270 e. The summed E-state index contributed by atoms with van der Waals surface area (Å²) in [6, 6.07) is 27.1. The zero-order valence-electron chi connectivity index (χ0n) is 19.4.